The Bertz CT molecular complexity index is 777. The van der Waals surface area contributed by atoms with Crippen molar-refractivity contribution in [2.24, 2.45) is 0 Å². The molecule has 1 aliphatic rings. The molecule has 0 aliphatic carbocycles. The van der Waals surface area contributed by atoms with Crippen molar-refractivity contribution in [2.75, 3.05) is 37.0 Å². The van der Waals surface area contributed by atoms with E-state index in [1.807, 2.05) is 32.8 Å². The van der Waals surface area contributed by atoms with Crippen LogP contribution in [0, 0.1) is 25.2 Å². The number of aromatic nitrogens is 4. The van der Waals surface area contributed by atoms with Crippen molar-refractivity contribution in [2.45, 2.75) is 32.6 Å². The Morgan fingerprint density at radius 3 is 2.75 bits per heavy atom. The maximum atomic E-state index is 9.51. The summed E-state index contributed by atoms with van der Waals surface area (Å²) in [5, 5.41) is 22.0. The molecular weight excluding hydrogens is 306 g/mol. The zero-order valence-electron chi connectivity index (χ0n) is 14.4. The minimum atomic E-state index is 0.134. The van der Waals surface area contributed by atoms with Gasteiger partial charge in [-0.3, -0.25) is 0 Å². The summed E-state index contributed by atoms with van der Waals surface area (Å²) in [5.74, 6) is 2.00. The van der Waals surface area contributed by atoms with Crippen molar-refractivity contribution in [3.63, 3.8) is 0 Å². The highest BCUT2D eigenvalue weighted by molar-refractivity contribution is 5.57. The lowest BCUT2D eigenvalue weighted by Gasteiger charge is -2.32. The van der Waals surface area contributed by atoms with E-state index in [1.54, 1.807) is 0 Å². The Balaban J connectivity index is 1.86. The molecule has 24 heavy (non-hydrogen) atoms. The van der Waals surface area contributed by atoms with Crippen molar-refractivity contribution in [3.8, 4) is 6.07 Å². The van der Waals surface area contributed by atoms with E-state index < -0.39 is 0 Å². The lowest BCUT2D eigenvalue weighted by Crippen LogP contribution is -2.36. The first kappa shape index (κ1) is 16.2. The summed E-state index contributed by atoms with van der Waals surface area (Å²) < 4.78 is 5.42. The van der Waals surface area contributed by atoms with Gasteiger partial charge in [0.1, 0.15) is 11.6 Å². The standard InChI is InChI=1S/C16H21N7O/c1-10-11(2)19-20-14(13(10)8-17)23-7-5-6-12(9-23)15-18-16(21-24-15)22(3)4/h12H,5-7,9H2,1-4H3/t12-/m1/s1. The molecule has 0 bridgehead atoms. The molecule has 8 nitrogen and oxygen atoms in total. The van der Waals surface area contributed by atoms with Gasteiger partial charge in [-0.2, -0.15) is 15.3 Å². The zero-order valence-corrected chi connectivity index (χ0v) is 14.4. The minimum Gasteiger partial charge on any atom is -0.353 e. The van der Waals surface area contributed by atoms with E-state index in [0.717, 1.165) is 30.6 Å². The van der Waals surface area contributed by atoms with Crippen LogP contribution in [0.25, 0.3) is 0 Å². The van der Waals surface area contributed by atoms with Crippen LogP contribution in [0.3, 0.4) is 0 Å². The van der Waals surface area contributed by atoms with Gasteiger partial charge in [-0.05, 0) is 37.4 Å². The fourth-order valence-electron chi connectivity index (χ4n) is 2.90. The van der Waals surface area contributed by atoms with Crippen molar-refractivity contribution in [1.82, 2.24) is 20.3 Å². The van der Waals surface area contributed by atoms with E-state index in [0.29, 0.717) is 29.8 Å². The second-order valence-corrected chi connectivity index (χ2v) is 6.33. The third-order valence-corrected chi connectivity index (χ3v) is 4.45. The molecule has 3 heterocycles. The van der Waals surface area contributed by atoms with Crippen molar-refractivity contribution in [1.29, 1.82) is 5.26 Å². The molecule has 8 heteroatoms. The normalized spacial score (nSPS) is 17.6. The van der Waals surface area contributed by atoms with Gasteiger partial charge in [-0.25, -0.2) is 0 Å². The number of hydrogen-bond acceptors (Lipinski definition) is 8. The summed E-state index contributed by atoms with van der Waals surface area (Å²) in [5.41, 5.74) is 2.27. The summed E-state index contributed by atoms with van der Waals surface area (Å²) in [6.07, 6.45) is 1.95. The van der Waals surface area contributed by atoms with Crippen LogP contribution in [0.2, 0.25) is 0 Å². The Kier molecular flexibility index (Phi) is 4.34. The molecule has 0 saturated carbocycles. The maximum absolute atomic E-state index is 9.51. The van der Waals surface area contributed by atoms with Crippen LogP contribution in [0.4, 0.5) is 11.8 Å². The second kappa shape index (κ2) is 6.43. The number of anilines is 2. The van der Waals surface area contributed by atoms with Crippen LogP contribution in [0.15, 0.2) is 4.52 Å². The Labute approximate surface area is 141 Å². The van der Waals surface area contributed by atoms with E-state index in [9.17, 15) is 5.26 Å². The maximum Gasteiger partial charge on any atom is 0.265 e. The molecule has 1 fully saturated rings. The number of piperidine rings is 1. The molecule has 0 spiro atoms. The molecule has 2 aromatic heterocycles. The van der Waals surface area contributed by atoms with Gasteiger partial charge in [0.15, 0.2) is 5.82 Å². The molecular formula is C16H21N7O. The quantitative estimate of drug-likeness (QED) is 0.842. The van der Waals surface area contributed by atoms with Gasteiger partial charge in [-0.1, -0.05) is 0 Å². The smallest absolute Gasteiger partial charge is 0.265 e. The third kappa shape index (κ3) is 2.89. The van der Waals surface area contributed by atoms with Gasteiger partial charge in [0.05, 0.1) is 11.6 Å². The highest BCUT2D eigenvalue weighted by atomic mass is 16.5. The molecule has 0 N–H and O–H groups in total. The van der Waals surface area contributed by atoms with Crippen LogP contribution in [0.5, 0.6) is 0 Å². The highest BCUT2D eigenvalue weighted by Gasteiger charge is 2.29. The lowest BCUT2D eigenvalue weighted by molar-refractivity contribution is 0.332. The number of rotatable bonds is 3. The molecule has 0 aromatic carbocycles. The lowest BCUT2D eigenvalue weighted by atomic mass is 9.97. The Morgan fingerprint density at radius 2 is 2.08 bits per heavy atom. The zero-order chi connectivity index (χ0) is 17.3. The van der Waals surface area contributed by atoms with Gasteiger partial charge in [-0.15, -0.1) is 5.10 Å². The van der Waals surface area contributed by atoms with Gasteiger partial charge >= 0.3 is 0 Å². The van der Waals surface area contributed by atoms with Gasteiger partial charge in [0.2, 0.25) is 5.89 Å². The van der Waals surface area contributed by atoms with Crippen LogP contribution >= 0.6 is 0 Å². The number of aryl methyl sites for hydroxylation is 1. The van der Waals surface area contributed by atoms with Crippen molar-refractivity contribution >= 4 is 11.8 Å². The summed E-state index contributed by atoms with van der Waals surface area (Å²) in [6.45, 7) is 5.32. The van der Waals surface area contributed by atoms with Gasteiger partial charge < -0.3 is 14.3 Å². The Hall–Kier alpha value is -2.69. The number of nitrogens with zero attached hydrogens (tertiary/aromatic N) is 7. The van der Waals surface area contributed by atoms with E-state index in [1.165, 1.54) is 0 Å². The highest BCUT2D eigenvalue weighted by Crippen LogP contribution is 2.31. The molecule has 0 unspecified atom stereocenters. The molecule has 1 saturated heterocycles. The number of hydrogen-bond donors (Lipinski definition) is 0. The third-order valence-electron chi connectivity index (χ3n) is 4.45. The first-order valence-corrected chi connectivity index (χ1v) is 8.01. The first-order valence-electron chi connectivity index (χ1n) is 8.01. The Morgan fingerprint density at radius 1 is 1.29 bits per heavy atom. The van der Waals surface area contributed by atoms with E-state index in [4.69, 9.17) is 4.52 Å². The van der Waals surface area contributed by atoms with Crippen molar-refractivity contribution in [3.05, 3.63) is 22.7 Å². The van der Waals surface area contributed by atoms with E-state index >= 15 is 0 Å². The molecule has 3 rings (SSSR count). The molecule has 0 amide bonds. The average molecular weight is 327 g/mol. The van der Waals surface area contributed by atoms with Crippen molar-refractivity contribution < 1.29 is 4.52 Å². The molecule has 1 atom stereocenters. The second-order valence-electron chi connectivity index (χ2n) is 6.33. The average Bonchev–Trinajstić information content (AvgIpc) is 3.07. The summed E-state index contributed by atoms with van der Waals surface area (Å²) in [6, 6.07) is 2.27. The minimum absolute atomic E-state index is 0.134. The summed E-state index contributed by atoms with van der Waals surface area (Å²) in [7, 11) is 3.76. The monoisotopic (exact) mass is 327 g/mol. The van der Waals surface area contributed by atoms with E-state index in [-0.39, 0.29) is 5.92 Å². The predicted octanol–water partition coefficient (Wildman–Crippen LogP) is 1.80. The largest absolute Gasteiger partial charge is 0.353 e. The predicted molar refractivity (Wildman–Crippen MR) is 89.0 cm³/mol. The fourth-order valence-corrected chi connectivity index (χ4v) is 2.90. The van der Waals surface area contributed by atoms with Gasteiger partial charge in [0.25, 0.3) is 5.95 Å². The fraction of sp³-hybridized carbons (Fsp3) is 0.562. The van der Waals surface area contributed by atoms with Crippen LogP contribution in [-0.4, -0.2) is 47.5 Å². The van der Waals surface area contributed by atoms with Crippen LogP contribution in [0.1, 0.15) is 41.5 Å². The molecule has 2 aromatic rings. The summed E-state index contributed by atoms with van der Waals surface area (Å²) in [4.78, 5) is 8.37. The topological polar surface area (TPSA) is 95.0 Å². The SMILES string of the molecule is Cc1nnc(N2CCC[C@@H](c3nc(N(C)C)no3)C2)c(C#N)c1C. The van der Waals surface area contributed by atoms with E-state index in [2.05, 4.69) is 31.3 Å². The van der Waals surface area contributed by atoms with Crippen LogP contribution in [-0.2, 0) is 0 Å². The molecule has 126 valence electrons. The molecule has 1 aliphatic heterocycles. The number of nitriles is 1. The van der Waals surface area contributed by atoms with Gasteiger partial charge in [0, 0.05) is 27.2 Å². The molecule has 0 radical (unpaired) electrons. The summed E-state index contributed by atoms with van der Waals surface area (Å²) >= 11 is 0. The first-order chi connectivity index (χ1) is 11.5. The van der Waals surface area contributed by atoms with Crippen LogP contribution < -0.4 is 9.80 Å².